The van der Waals surface area contributed by atoms with Crippen LogP contribution in [0.3, 0.4) is 0 Å². The van der Waals surface area contributed by atoms with E-state index >= 15 is 0 Å². The molecule has 0 radical (unpaired) electrons. The minimum Gasteiger partial charge on any atom is -0.490 e. The van der Waals surface area contributed by atoms with Gasteiger partial charge in [0, 0.05) is 25.8 Å². The summed E-state index contributed by atoms with van der Waals surface area (Å²) in [6.45, 7) is 18.2. The fraction of sp³-hybridized carbons (Fsp3) is 0.488. The largest absolute Gasteiger partial charge is 0.490 e. The molecule has 0 aromatic heterocycles. The Hall–Kier alpha value is -5.18. The molecule has 0 spiro atoms. The van der Waals surface area contributed by atoms with Crippen LogP contribution in [-0.2, 0) is 46.8 Å². The smallest absolute Gasteiger partial charge is 0.328 e. The molecular weight excluding hydrogens is 739 g/mol. The van der Waals surface area contributed by atoms with Gasteiger partial charge in [-0.1, -0.05) is 30.9 Å². The summed E-state index contributed by atoms with van der Waals surface area (Å²) in [4.78, 5) is 56.3. The van der Waals surface area contributed by atoms with Crippen molar-refractivity contribution < 1.29 is 41.8 Å². The van der Waals surface area contributed by atoms with Gasteiger partial charge < -0.3 is 30.6 Å². The van der Waals surface area contributed by atoms with Crippen molar-refractivity contribution in [3.05, 3.63) is 77.4 Å². The molecule has 0 saturated carbocycles. The average Bonchev–Trinajstić information content (AvgIpc) is 3.13. The molecule has 14 nitrogen and oxygen atoms in total. The van der Waals surface area contributed by atoms with Gasteiger partial charge in [0.1, 0.15) is 29.7 Å². The van der Waals surface area contributed by atoms with Crippen LogP contribution < -0.4 is 30.6 Å². The molecule has 56 heavy (non-hydrogen) atoms. The number of rotatable bonds is 20. The summed E-state index contributed by atoms with van der Waals surface area (Å²) in [5, 5.41) is 5.36. The first-order valence-corrected chi connectivity index (χ1v) is 20.1. The Bertz CT molecular complexity index is 1920. The van der Waals surface area contributed by atoms with Crippen molar-refractivity contribution in [3.8, 4) is 11.5 Å². The number of esters is 1. The zero-order valence-electron chi connectivity index (χ0n) is 33.6. The van der Waals surface area contributed by atoms with Gasteiger partial charge in [0.15, 0.2) is 5.78 Å². The van der Waals surface area contributed by atoms with Crippen LogP contribution in [0.15, 0.2) is 59.5 Å². The van der Waals surface area contributed by atoms with Crippen LogP contribution in [0.5, 0.6) is 11.5 Å². The Morgan fingerprint density at radius 2 is 1.70 bits per heavy atom. The van der Waals surface area contributed by atoms with Crippen molar-refractivity contribution >= 4 is 39.5 Å². The molecule has 15 heteroatoms. The Kier molecular flexibility index (Phi) is 16.2. The van der Waals surface area contributed by atoms with E-state index in [-0.39, 0.29) is 55.1 Å². The highest BCUT2D eigenvalue weighted by Crippen LogP contribution is 2.42. The first kappa shape index (κ1) is 45.2. The zero-order chi connectivity index (χ0) is 41.8. The summed E-state index contributed by atoms with van der Waals surface area (Å²) in [7, 11) is -2.94. The van der Waals surface area contributed by atoms with E-state index in [1.54, 1.807) is 44.2 Å². The fourth-order valence-electron chi connectivity index (χ4n) is 6.64. The van der Waals surface area contributed by atoms with Gasteiger partial charge in [-0.3, -0.25) is 19.4 Å². The molecular formula is C41H57N5O9S. The predicted molar refractivity (Wildman–Crippen MR) is 215 cm³/mol. The van der Waals surface area contributed by atoms with Crippen molar-refractivity contribution in [2.45, 2.75) is 109 Å². The van der Waals surface area contributed by atoms with Gasteiger partial charge in [0.2, 0.25) is 17.8 Å². The van der Waals surface area contributed by atoms with Gasteiger partial charge in [-0.2, -0.15) is 0 Å². The molecule has 1 aliphatic heterocycles. The van der Waals surface area contributed by atoms with E-state index < -0.39 is 51.6 Å². The second-order valence-electron chi connectivity index (χ2n) is 14.6. The summed E-state index contributed by atoms with van der Waals surface area (Å²) >= 11 is 0. The molecule has 2 aromatic carbocycles. The fourth-order valence-corrected chi connectivity index (χ4v) is 8.16. The third-order valence-corrected chi connectivity index (χ3v) is 11.3. The number of fused-ring (bicyclic) bond motifs is 1. The highest BCUT2D eigenvalue weighted by Gasteiger charge is 2.34. The summed E-state index contributed by atoms with van der Waals surface area (Å²) in [5.41, 5.74) is 9.20. The van der Waals surface area contributed by atoms with Crippen LogP contribution in [0.1, 0.15) is 80.7 Å². The van der Waals surface area contributed by atoms with Crippen LogP contribution in [0.2, 0.25) is 0 Å². The van der Waals surface area contributed by atoms with E-state index in [9.17, 15) is 27.6 Å². The van der Waals surface area contributed by atoms with E-state index in [0.29, 0.717) is 35.7 Å². The number of nitrogens with zero attached hydrogens (tertiary/aromatic N) is 1. The quantitative estimate of drug-likeness (QED) is 0.0494. The number of ketones is 1. The molecule has 0 unspecified atom stereocenters. The second-order valence-corrected chi connectivity index (χ2v) is 16.2. The van der Waals surface area contributed by atoms with Crippen LogP contribution in [-0.4, -0.2) is 75.9 Å². The monoisotopic (exact) mass is 795 g/mol. The van der Waals surface area contributed by atoms with Gasteiger partial charge >= 0.3 is 5.97 Å². The van der Waals surface area contributed by atoms with Crippen molar-refractivity contribution in [2.75, 3.05) is 20.3 Å². The van der Waals surface area contributed by atoms with Crippen LogP contribution in [0, 0.1) is 26.7 Å². The number of amides is 2. The van der Waals surface area contributed by atoms with Gasteiger partial charge in [0.05, 0.1) is 18.0 Å². The molecule has 2 aromatic rings. The number of sulfonamides is 1. The Morgan fingerprint density at radius 1 is 1.02 bits per heavy atom. The Labute approximate surface area is 330 Å². The normalized spacial score (nSPS) is 15.2. The number of nitrogens with two attached hydrogens (primary N) is 1. The lowest BCUT2D eigenvalue weighted by Gasteiger charge is -2.35. The maximum atomic E-state index is 13.8. The minimum absolute atomic E-state index is 0.0128. The van der Waals surface area contributed by atoms with E-state index in [4.69, 9.17) is 19.9 Å². The average molecular weight is 796 g/mol. The number of carbonyl (C=O) groups excluding carboxylic acids is 4. The Balaban J connectivity index is 1.79. The SMILES string of the molecule is C=CCOc1ccc(C[C@H](NC(C)=O)C(=O)C[C@H](CCCN=C(N)NS(=O)(=O)c2c(C)c(C)c3c(c2C)CCC(C)(C)O3)C(=O)N[C@H](CC=C)C(=O)OC)cc1. The lowest BCUT2D eigenvalue weighted by atomic mass is 9.88. The van der Waals surface area contributed by atoms with E-state index in [2.05, 4.69) is 33.5 Å². The summed E-state index contributed by atoms with van der Waals surface area (Å²) in [6, 6.07) is 5.07. The third-order valence-electron chi connectivity index (χ3n) is 9.69. The van der Waals surface area contributed by atoms with E-state index in [1.807, 2.05) is 20.8 Å². The number of nitrogens with one attached hydrogen (secondary N) is 3. The number of benzene rings is 2. The lowest BCUT2D eigenvalue weighted by Crippen LogP contribution is -2.46. The molecule has 0 aliphatic carbocycles. The number of hydrogen-bond donors (Lipinski definition) is 4. The van der Waals surface area contributed by atoms with Crippen LogP contribution in [0.25, 0.3) is 0 Å². The summed E-state index contributed by atoms with van der Waals surface area (Å²) in [5.74, 6) is -2.05. The van der Waals surface area contributed by atoms with Crippen molar-refractivity contribution in [2.24, 2.45) is 16.6 Å². The van der Waals surface area contributed by atoms with Gasteiger partial charge in [-0.15, -0.1) is 6.58 Å². The molecule has 5 N–H and O–H groups in total. The number of guanidine groups is 1. The van der Waals surface area contributed by atoms with Gasteiger partial charge in [-0.25, -0.2) is 17.9 Å². The molecule has 3 atom stereocenters. The molecule has 0 bridgehead atoms. The van der Waals surface area contributed by atoms with E-state index in [0.717, 1.165) is 23.1 Å². The van der Waals surface area contributed by atoms with Crippen molar-refractivity contribution in [1.29, 1.82) is 0 Å². The standard InChI is InChI=1S/C41H57N5O9S/c1-10-13-33(39(50)53-9)45-38(49)30(24-35(48)34(44-28(6)47)23-29-15-17-31(18-16-29)54-22-11-2)14-12-21-43-40(42)46-56(51,52)37-26(4)25(3)36-32(27(37)5)19-20-41(7,8)55-36/h10-11,15-18,30,33-34H,1-2,12-14,19-24H2,3-9H3,(H,44,47)(H,45,49)(H3,42,43,46)/t30-,33+,34-/m0/s1. The predicted octanol–water partition coefficient (Wildman–Crippen LogP) is 4.21. The van der Waals surface area contributed by atoms with Crippen molar-refractivity contribution in [3.63, 3.8) is 0 Å². The first-order chi connectivity index (χ1) is 26.3. The number of methoxy groups -OCH3 is 1. The number of aliphatic imine (C=N–C) groups is 1. The lowest BCUT2D eigenvalue weighted by molar-refractivity contribution is -0.145. The summed E-state index contributed by atoms with van der Waals surface area (Å²) in [6.07, 6.45) is 4.79. The number of hydrogen-bond acceptors (Lipinski definition) is 10. The minimum atomic E-state index is -4.14. The highest BCUT2D eigenvalue weighted by atomic mass is 32.2. The van der Waals surface area contributed by atoms with Crippen molar-refractivity contribution in [1.82, 2.24) is 15.4 Å². The molecule has 0 fully saturated rings. The molecule has 306 valence electrons. The third kappa shape index (κ3) is 12.4. The number of ether oxygens (including phenoxy) is 3. The molecule has 1 aliphatic rings. The zero-order valence-corrected chi connectivity index (χ0v) is 34.4. The maximum absolute atomic E-state index is 13.8. The maximum Gasteiger partial charge on any atom is 0.328 e. The number of Topliss-reactive ketones (excluding diaryl/α,β-unsaturated/α-hetero) is 1. The molecule has 0 saturated heterocycles. The Morgan fingerprint density at radius 3 is 2.30 bits per heavy atom. The molecule has 1 heterocycles. The second kappa shape index (κ2) is 20.1. The summed E-state index contributed by atoms with van der Waals surface area (Å²) < 4.78 is 46.4. The van der Waals surface area contributed by atoms with Crippen LogP contribution in [0.4, 0.5) is 0 Å². The number of carbonyl (C=O) groups is 4. The highest BCUT2D eigenvalue weighted by molar-refractivity contribution is 7.90. The van der Waals surface area contributed by atoms with Crippen LogP contribution >= 0.6 is 0 Å². The first-order valence-electron chi connectivity index (χ1n) is 18.6. The molecule has 2 amide bonds. The van der Waals surface area contributed by atoms with E-state index in [1.165, 1.54) is 20.1 Å². The molecule has 3 rings (SSSR count). The van der Waals surface area contributed by atoms with Gasteiger partial charge in [-0.05, 0) is 113 Å². The van der Waals surface area contributed by atoms with Gasteiger partial charge in [0.25, 0.3) is 10.0 Å². The topological polar surface area (TPSA) is 205 Å².